The normalized spacial score (nSPS) is 11.4. The quantitative estimate of drug-likeness (QED) is 0.796. The number of carbonyl (C=O) groups is 1. The van der Waals surface area contributed by atoms with Crippen LogP contribution in [0, 0.1) is 12.8 Å². The van der Waals surface area contributed by atoms with E-state index in [4.69, 9.17) is 4.74 Å². The van der Waals surface area contributed by atoms with Crippen molar-refractivity contribution in [1.29, 1.82) is 0 Å². The maximum atomic E-state index is 11.2. The van der Waals surface area contributed by atoms with E-state index in [1.807, 2.05) is 17.6 Å². The third-order valence-corrected chi connectivity index (χ3v) is 3.50. The molecule has 0 saturated heterocycles. The highest BCUT2D eigenvalue weighted by Crippen LogP contribution is 2.20. The summed E-state index contributed by atoms with van der Waals surface area (Å²) in [6.07, 6.45) is 1.05. The highest BCUT2D eigenvalue weighted by atomic mass is 16.5. The largest absolute Gasteiger partial charge is 0.478 e. The Balaban J connectivity index is 2.11. The fourth-order valence-electron chi connectivity index (χ4n) is 2.29. The Bertz CT molecular complexity index is 632. The van der Waals surface area contributed by atoms with Crippen LogP contribution in [0.1, 0.15) is 36.5 Å². The predicted molar refractivity (Wildman–Crippen MR) is 81.7 cm³/mol. The molecule has 0 spiro atoms. The molecule has 0 bridgehead atoms. The standard InChI is InChI=1S/C16H22N2O3/c1-11(2)7-9-21-10-8-18-12(3)17-15-13(16(19)20)5-4-6-14(15)18/h4-6,11H,7-10H2,1-3H3,(H,19,20). The number of rotatable bonds is 7. The molecule has 114 valence electrons. The second-order valence-electron chi connectivity index (χ2n) is 5.58. The van der Waals surface area contributed by atoms with E-state index in [0.29, 0.717) is 24.6 Å². The molecular weight excluding hydrogens is 268 g/mol. The van der Waals surface area contributed by atoms with Crippen molar-refractivity contribution in [2.24, 2.45) is 5.92 Å². The second-order valence-corrected chi connectivity index (χ2v) is 5.58. The van der Waals surface area contributed by atoms with Crippen LogP contribution in [0.2, 0.25) is 0 Å². The number of imidazole rings is 1. The molecule has 1 heterocycles. The fraction of sp³-hybridized carbons (Fsp3) is 0.500. The fourth-order valence-corrected chi connectivity index (χ4v) is 2.29. The third-order valence-electron chi connectivity index (χ3n) is 3.50. The molecule has 5 nitrogen and oxygen atoms in total. The molecular formula is C16H22N2O3. The molecule has 0 aliphatic heterocycles. The van der Waals surface area contributed by atoms with Crippen LogP contribution in [0.15, 0.2) is 18.2 Å². The van der Waals surface area contributed by atoms with Crippen LogP contribution in [0.25, 0.3) is 11.0 Å². The summed E-state index contributed by atoms with van der Waals surface area (Å²) < 4.78 is 7.65. The summed E-state index contributed by atoms with van der Waals surface area (Å²) in [5, 5.41) is 9.21. The number of benzene rings is 1. The van der Waals surface area contributed by atoms with E-state index in [2.05, 4.69) is 18.8 Å². The Morgan fingerprint density at radius 3 is 2.81 bits per heavy atom. The van der Waals surface area contributed by atoms with Gasteiger partial charge in [-0.2, -0.15) is 0 Å². The molecule has 0 saturated carbocycles. The van der Waals surface area contributed by atoms with Gasteiger partial charge in [0.2, 0.25) is 0 Å². The minimum Gasteiger partial charge on any atom is -0.478 e. The lowest BCUT2D eigenvalue weighted by atomic mass is 10.1. The highest BCUT2D eigenvalue weighted by Gasteiger charge is 2.14. The van der Waals surface area contributed by atoms with Crippen LogP contribution in [-0.4, -0.2) is 33.8 Å². The van der Waals surface area contributed by atoms with Gasteiger partial charge in [-0.05, 0) is 31.4 Å². The van der Waals surface area contributed by atoms with E-state index in [1.54, 1.807) is 12.1 Å². The first-order valence-corrected chi connectivity index (χ1v) is 7.27. The molecule has 2 aromatic rings. The topological polar surface area (TPSA) is 64.3 Å². The average molecular weight is 290 g/mol. The van der Waals surface area contributed by atoms with E-state index in [0.717, 1.165) is 24.4 Å². The molecule has 0 radical (unpaired) electrons. The molecule has 1 aromatic carbocycles. The number of fused-ring (bicyclic) bond motifs is 1. The summed E-state index contributed by atoms with van der Waals surface area (Å²) in [7, 11) is 0. The minimum absolute atomic E-state index is 0.245. The molecule has 0 amide bonds. The number of hydrogen-bond acceptors (Lipinski definition) is 3. The molecule has 2 rings (SSSR count). The summed E-state index contributed by atoms with van der Waals surface area (Å²) in [4.78, 5) is 15.6. The zero-order valence-electron chi connectivity index (χ0n) is 12.8. The van der Waals surface area contributed by atoms with Crippen molar-refractivity contribution in [1.82, 2.24) is 9.55 Å². The van der Waals surface area contributed by atoms with E-state index < -0.39 is 5.97 Å². The van der Waals surface area contributed by atoms with E-state index >= 15 is 0 Å². The summed E-state index contributed by atoms with van der Waals surface area (Å²) in [5.74, 6) is 0.503. The van der Waals surface area contributed by atoms with Gasteiger partial charge in [-0.1, -0.05) is 19.9 Å². The minimum atomic E-state index is -0.946. The van der Waals surface area contributed by atoms with Crippen LogP contribution >= 0.6 is 0 Å². The van der Waals surface area contributed by atoms with Crippen molar-refractivity contribution in [3.8, 4) is 0 Å². The van der Waals surface area contributed by atoms with Crippen LogP contribution in [-0.2, 0) is 11.3 Å². The van der Waals surface area contributed by atoms with Gasteiger partial charge >= 0.3 is 5.97 Å². The van der Waals surface area contributed by atoms with Gasteiger partial charge in [0.05, 0.1) is 17.7 Å². The summed E-state index contributed by atoms with van der Waals surface area (Å²) in [5.41, 5.74) is 1.64. The van der Waals surface area contributed by atoms with Gasteiger partial charge in [-0.25, -0.2) is 9.78 Å². The number of aryl methyl sites for hydroxylation is 1. The van der Waals surface area contributed by atoms with Crippen LogP contribution < -0.4 is 0 Å². The first-order valence-electron chi connectivity index (χ1n) is 7.27. The average Bonchev–Trinajstić information content (AvgIpc) is 2.73. The molecule has 0 aliphatic rings. The van der Waals surface area contributed by atoms with E-state index in [9.17, 15) is 9.90 Å². The maximum Gasteiger partial charge on any atom is 0.337 e. The number of para-hydroxylation sites is 1. The number of carboxylic acid groups (broad SMARTS) is 1. The molecule has 0 aliphatic carbocycles. The number of nitrogens with zero attached hydrogens (tertiary/aromatic N) is 2. The van der Waals surface area contributed by atoms with Gasteiger partial charge in [0, 0.05) is 13.2 Å². The Labute approximate surface area is 124 Å². The Morgan fingerprint density at radius 1 is 1.38 bits per heavy atom. The monoisotopic (exact) mass is 290 g/mol. The lowest BCUT2D eigenvalue weighted by molar-refractivity contribution is 0.0699. The predicted octanol–water partition coefficient (Wildman–Crippen LogP) is 3.11. The highest BCUT2D eigenvalue weighted by molar-refractivity contribution is 6.01. The lowest BCUT2D eigenvalue weighted by Gasteiger charge is -2.09. The molecule has 0 atom stereocenters. The van der Waals surface area contributed by atoms with Crippen LogP contribution in [0.4, 0.5) is 0 Å². The number of hydrogen-bond donors (Lipinski definition) is 1. The van der Waals surface area contributed by atoms with E-state index in [-0.39, 0.29) is 5.56 Å². The van der Waals surface area contributed by atoms with Crippen LogP contribution in [0.5, 0.6) is 0 Å². The second kappa shape index (κ2) is 6.72. The Kier molecular flexibility index (Phi) is 4.96. The molecule has 5 heteroatoms. The Morgan fingerprint density at radius 2 is 2.14 bits per heavy atom. The molecule has 1 aromatic heterocycles. The zero-order chi connectivity index (χ0) is 15.4. The van der Waals surface area contributed by atoms with Gasteiger partial charge in [-0.15, -0.1) is 0 Å². The number of carboxylic acids is 1. The van der Waals surface area contributed by atoms with Crippen LogP contribution in [0.3, 0.4) is 0 Å². The zero-order valence-corrected chi connectivity index (χ0v) is 12.8. The van der Waals surface area contributed by atoms with Crippen molar-refractivity contribution in [3.05, 3.63) is 29.6 Å². The Hall–Kier alpha value is -1.88. The van der Waals surface area contributed by atoms with Crippen molar-refractivity contribution in [2.75, 3.05) is 13.2 Å². The molecule has 1 N–H and O–H groups in total. The van der Waals surface area contributed by atoms with Gasteiger partial charge in [0.1, 0.15) is 11.3 Å². The molecule has 0 unspecified atom stereocenters. The summed E-state index contributed by atoms with van der Waals surface area (Å²) in [6, 6.07) is 5.24. The third kappa shape index (κ3) is 3.61. The van der Waals surface area contributed by atoms with Gasteiger partial charge in [-0.3, -0.25) is 0 Å². The number of aromatic carboxylic acids is 1. The number of aromatic nitrogens is 2. The SMILES string of the molecule is Cc1nc2c(C(=O)O)cccc2n1CCOCCC(C)C. The maximum absolute atomic E-state index is 11.2. The molecule has 0 fully saturated rings. The van der Waals surface area contributed by atoms with Crippen molar-refractivity contribution in [3.63, 3.8) is 0 Å². The van der Waals surface area contributed by atoms with Gasteiger partial charge in [0.15, 0.2) is 0 Å². The smallest absolute Gasteiger partial charge is 0.337 e. The van der Waals surface area contributed by atoms with Crippen molar-refractivity contribution < 1.29 is 14.6 Å². The van der Waals surface area contributed by atoms with Crippen molar-refractivity contribution in [2.45, 2.75) is 33.7 Å². The van der Waals surface area contributed by atoms with Gasteiger partial charge < -0.3 is 14.4 Å². The van der Waals surface area contributed by atoms with E-state index in [1.165, 1.54) is 0 Å². The lowest BCUT2D eigenvalue weighted by Crippen LogP contribution is -2.09. The summed E-state index contributed by atoms with van der Waals surface area (Å²) >= 11 is 0. The number of ether oxygens (including phenoxy) is 1. The van der Waals surface area contributed by atoms with Gasteiger partial charge in [0.25, 0.3) is 0 Å². The first-order chi connectivity index (χ1) is 10.0. The van der Waals surface area contributed by atoms with Crippen molar-refractivity contribution >= 4 is 17.0 Å². The summed E-state index contributed by atoms with van der Waals surface area (Å²) in [6.45, 7) is 8.28. The molecule has 21 heavy (non-hydrogen) atoms. The first kappa shape index (κ1) is 15.5.